The molecule has 1 aromatic carbocycles. The third kappa shape index (κ3) is 3.45. The lowest BCUT2D eigenvalue weighted by Gasteiger charge is -2.14. The molecule has 0 saturated carbocycles. The number of amides is 1. The first kappa shape index (κ1) is 17.7. The van der Waals surface area contributed by atoms with E-state index >= 15 is 0 Å². The Kier molecular flexibility index (Phi) is 4.77. The number of carbonyl (C=O) groups is 1. The minimum atomic E-state index is -0.746. The lowest BCUT2D eigenvalue weighted by Crippen LogP contribution is -2.16. The van der Waals surface area contributed by atoms with Crippen molar-refractivity contribution in [1.82, 2.24) is 10.1 Å². The summed E-state index contributed by atoms with van der Waals surface area (Å²) in [6.45, 7) is 3.45. The number of aryl methyl sites for hydroxylation is 2. The third-order valence-corrected chi connectivity index (χ3v) is 3.86. The third-order valence-electron chi connectivity index (χ3n) is 3.86. The summed E-state index contributed by atoms with van der Waals surface area (Å²) in [6.07, 6.45) is 0. The van der Waals surface area contributed by atoms with Gasteiger partial charge in [-0.15, -0.1) is 0 Å². The number of benzene rings is 1. The number of halogens is 2. The molecule has 3 aromatic rings. The van der Waals surface area contributed by atoms with Gasteiger partial charge in [0.2, 0.25) is 0 Å². The molecule has 0 atom stereocenters. The molecule has 1 amide bonds. The zero-order chi connectivity index (χ0) is 18.8. The number of pyridine rings is 1. The highest BCUT2D eigenvalue weighted by Gasteiger charge is 2.18. The zero-order valence-electron chi connectivity index (χ0n) is 14.1. The number of hydrogen-bond acceptors (Lipinski definition) is 5. The van der Waals surface area contributed by atoms with Crippen LogP contribution in [-0.2, 0) is 6.54 Å². The lowest BCUT2D eigenvalue weighted by molar-refractivity contribution is 0.102. The van der Waals surface area contributed by atoms with Gasteiger partial charge in [-0.05, 0) is 43.2 Å². The van der Waals surface area contributed by atoms with E-state index in [0.29, 0.717) is 22.6 Å². The quantitative estimate of drug-likeness (QED) is 0.746. The number of anilines is 1. The van der Waals surface area contributed by atoms with Gasteiger partial charge in [0, 0.05) is 29.9 Å². The van der Waals surface area contributed by atoms with Crippen LogP contribution in [0.5, 0.6) is 0 Å². The molecule has 0 aliphatic rings. The predicted octanol–water partition coefficient (Wildman–Crippen LogP) is 3.34. The van der Waals surface area contributed by atoms with Gasteiger partial charge in [0.25, 0.3) is 5.91 Å². The summed E-state index contributed by atoms with van der Waals surface area (Å²) in [5.74, 6) is -1.19. The Morgan fingerprint density at radius 1 is 1.19 bits per heavy atom. The fourth-order valence-corrected chi connectivity index (χ4v) is 2.63. The smallest absolute Gasteiger partial charge is 0.275 e. The average molecular weight is 358 g/mol. The number of nitrogens with two attached hydrogens (primary N) is 1. The van der Waals surface area contributed by atoms with Crippen LogP contribution in [0.25, 0.3) is 11.1 Å². The number of nitrogens with one attached hydrogen (secondary N) is 1. The molecule has 0 radical (unpaired) electrons. The van der Waals surface area contributed by atoms with Crippen molar-refractivity contribution < 1.29 is 18.1 Å². The van der Waals surface area contributed by atoms with Crippen molar-refractivity contribution >= 4 is 11.7 Å². The van der Waals surface area contributed by atoms with Crippen LogP contribution in [0.2, 0.25) is 0 Å². The normalized spacial score (nSPS) is 10.8. The Morgan fingerprint density at radius 2 is 1.96 bits per heavy atom. The molecule has 0 spiro atoms. The van der Waals surface area contributed by atoms with E-state index < -0.39 is 17.5 Å². The summed E-state index contributed by atoms with van der Waals surface area (Å²) < 4.78 is 32.4. The van der Waals surface area contributed by atoms with Gasteiger partial charge in [0.15, 0.2) is 5.82 Å². The van der Waals surface area contributed by atoms with Crippen LogP contribution in [0.3, 0.4) is 0 Å². The number of aromatic nitrogens is 2. The van der Waals surface area contributed by atoms with Crippen molar-refractivity contribution in [1.29, 1.82) is 0 Å². The van der Waals surface area contributed by atoms with Crippen LogP contribution < -0.4 is 11.1 Å². The maximum atomic E-state index is 14.2. The largest absolute Gasteiger partial charge is 0.360 e. The van der Waals surface area contributed by atoms with E-state index in [-0.39, 0.29) is 23.6 Å². The van der Waals surface area contributed by atoms with Crippen molar-refractivity contribution in [2.45, 2.75) is 20.4 Å². The highest BCUT2D eigenvalue weighted by Crippen LogP contribution is 2.29. The van der Waals surface area contributed by atoms with E-state index in [0.717, 1.165) is 12.1 Å². The molecule has 6 nitrogen and oxygen atoms in total. The molecule has 2 heterocycles. The second-order valence-electron chi connectivity index (χ2n) is 5.72. The minimum absolute atomic E-state index is 0.0547. The van der Waals surface area contributed by atoms with Crippen LogP contribution in [-0.4, -0.2) is 16.0 Å². The van der Waals surface area contributed by atoms with E-state index in [2.05, 4.69) is 15.5 Å². The molecule has 8 heteroatoms. The Labute approximate surface area is 148 Å². The first-order chi connectivity index (χ1) is 12.4. The summed E-state index contributed by atoms with van der Waals surface area (Å²) in [6, 6.07) is 6.21. The van der Waals surface area contributed by atoms with Gasteiger partial charge < -0.3 is 15.6 Å². The molecule has 0 bridgehead atoms. The van der Waals surface area contributed by atoms with E-state index in [1.54, 1.807) is 19.9 Å². The lowest BCUT2D eigenvalue weighted by atomic mass is 9.97. The molecular weight excluding hydrogens is 342 g/mol. The maximum absolute atomic E-state index is 14.2. The Morgan fingerprint density at radius 3 is 2.58 bits per heavy atom. The van der Waals surface area contributed by atoms with Crippen LogP contribution in [0.1, 0.15) is 27.5 Å². The van der Waals surface area contributed by atoms with E-state index in [1.165, 1.54) is 12.1 Å². The van der Waals surface area contributed by atoms with Gasteiger partial charge in [-0.3, -0.25) is 4.79 Å². The number of rotatable bonds is 4. The molecule has 0 saturated heterocycles. The molecule has 2 aromatic heterocycles. The van der Waals surface area contributed by atoms with Crippen molar-refractivity contribution in [3.8, 4) is 11.1 Å². The van der Waals surface area contributed by atoms with Gasteiger partial charge in [0.05, 0.1) is 0 Å². The molecule has 26 heavy (non-hydrogen) atoms. The fourth-order valence-electron chi connectivity index (χ4n) is 2.63. The summed E-state index contributed by atoms with van der Waals surface area (Å²) in [7, 11) is 0. The standard InChI is InChI=1S/C18H16F2N4O2/c1-9-5-17(24-26-9)23-18(25)16-7-13(14(8-21)10(2)22-16)12-4-3-11(19)6-15(12)20/h3-7H,8,21H2,1-2H3,(H,23,24,25). The molecule has 0 unspecified atom stereocenters. The van der Waals surface area contributed by atoms with Crippen LogP contribution in [0, 0.1) is 25.5 Å². The van der Waals surface area contributed by atoms with Gasteiger partial charge >= 0.3 is 0 Å². The molecule has 134 valence electrons. The summed E-state index contributed by atoms with van der Waals surface area (Å²) in [4.78, 5) is 16.7. The number of nitrogens with zero attached hydrogens (tertiary/aromatic N) is 2. The van der Waals surface area contributed by atoms with Crippen molar-refractivity contribution in [2.75, 3.05) is 5.32 Å². The molecular formula is C18H16F2N4O2. The van der Waals surface area contributed by atoms with Crippen molar-refractivity contribution in [3.63, 3.8) is 0 Å². The van der Waals surface area contributed by atoms with Crippen LogP contribution in [0.15, 0.2) is 34.9 Å². The minimum Gasteiger partial charge on any atom is -0.360 e. The number of carbonyl (C=O) groups excluding carboxylic acids is 1. The highest BCUT2D eigenvalue weighted by molar-refractivity contribution is 6.03. The van der Waals surface area contributed by atoms with Crippen molar-refractivity contribution in [3.05, 3.63) is 64.7 Å². The van der Waals surface area contributed by atoms with E-state index in [4.69, 9.17) is 10.3 Å². The van der Waals surface area contributed by atoms with Gasteiger partial charge in [-0.2, -0.15) is 0 Å². The van der Waals surface area contributed by atoms with Crippen LogP contribution >= 0.6 is 0 Å². The monoisotopic (exact) mass is 358 g/mol. The summed E-state index contributed by atoms with van der Waals surface area (Å²) >= 11 is 0. The number of hydrogen-bond donors (Lipinski definition) is 2. The molecule has 0 aliphatic heterocycles. The molecule has 3 N–H and O–H groups in total. The second kappa shape index (κ2) is 7.01. The first-order valence-electron chi connectivity index (χ1n) is 7.79. The SMILES string of the molecule is Cc1cc(NC(=O)c2cc(-c3ccc(F)cc3F)c(CN)c(C)n2)no1. The van der Waals surface area contributed by atoms with Crippen molar-refractivity contribution in [2.24, 2.45) is 5.73 Å². The Balaban J connectivity index is 2.05. The Bertz CT molecular complexity index is 985. The molecule has 0 fully saturated rings. The average Bonchev–Trinajstić information content (AvgIpc) is 2.99. The predicted molar refractivity (Wildman–Crippen MR) is 91.4 cm³/mol. The molecule has 0 aliphatic carbocycles. The van der Waals surface area contributed by atoms with Gasteiger partial charge in [0.1, 0.15) is 23.1 Å². The first-order valence-corrected chi connectivity index (χ1v) is 7.79. The molecule has 3 rings (SSSR count). The van der Waals surface area contributed by atoms with E-state index in [1.807, 2.05) is 0 Å². The highest BCUT2D eigenvalue weighted by atomic mass is 19.1. The zero-order valence-corrected chi connectivity index (χ0v) is 14.1. The maximum Gasteiger partial charge on any atom is 0.275 e. The fraction of sp³-hybridized carbons (Fsp3) is 0.167. The second-order valence-corrected chi connectivity index (χ2v) is 5.72. The Hall–Kier alpha value is -3.13. The van der Waals surface area contributed by atoms with Gasteiger partial charge in [-0.1, -0.05) is 5.16 Å². The summed E-state index contributed by atoms with van der Waals surface area (Å²) in [5, 5.41) is 6.24. The van der Waals surface area contributed by atoms with Crippen LogP contribution in [0.4, 0.5) is 14.6 Å². The van der Waals surface area contributed by atoms with E-state index in [9.17, 15) is 13.6 Å². The van der Waals surface area contributed by atoms with Gasteiger partial charge in [-0.25, -0.2) is 13.8 Å². The topological polar surface area (TPSA) is 94.0 Å². The summed E-state index contributed by atoms with van der Waals surface area (Å²) in [5.41, 5.74) is 7.40.